The number of rotatable bonds is 7. The summed E-state index contributed by atoms with van der Waals surface area (Å²) >= 11 is 0. The third kappa shape index (κ3) is 5.48. The largest absolute Gasteiger partial charge is 0.378 e. The van der Waals surface area contributed by atoms with Crippen molar-refractivity contribution in [1.29, 1.82) is 0 Å². The fourth-order valence-electron chi connectivity index (χ4n) is 3.24. The van der Waals surface area contributed by atoms with Crippen LogP contribution in [0.15, 0.2) is 42.5 Å². The van der Waals surface area contributed by atoms with Crippen LogP contribution in [0, 0.1) is 6.92 Å². The number of aryl methyl sites for hydroxylation is 1. The second kappa shape index (κ2) is 9.28. The van der Waals surface area contributed by atoms with Gasteiger partial charge in [0.1, 0.15) is 0 Å². The molecule has 2 aromatic carbocycles. The molecule has 0 aromatic heterocycles. The van der Waals surface area contributed by atoms with Gasteiger partial charge >= 0.3 is 0 Å². The van der Waals surface area contributed by atoms with Crippen molar-refractivity contribution < 1.29 is 17.9 Å². The van der Waals surface area contributed by atoms with Crippen molar-refractivity contribution in [2.24, 2.45) is 0 Å². The molecule has 156 valence electrons. The summed E-state index contributed by atoms with van der Waals surface area (Å²) in [6, 6.07) is 12.7. The van der Waals surface area contributed by atoms with E-state index in [-0.39, 0.29) is 11.7 Å². The number of sulfonamides is 1. The molecule has 1 saturated heterocycles. The molecular formula is C21H27N3O4S. The molecule has 0 atom stereocenters. The van der Waals surface area contributed by atoms with Gasteiger partial charge in [0.15, 0.2) is 0 Å². The summed E-state index contributed by atoms with van der Waals surface area (Å²) in [5.74, 6) is -0.186. The van der Waals surface area contributed by atoms with Crippen molar-refractivity contribution in [2.45, 2.75) is 20.3 Å². The van der Waals surface area contributed by atoms with Crippen molar-refractivity contribution in [2.75, 3.05) is 47.0 Å². The van der Waals surface area contributed by atoms with Crippen molar-refractivity contribution in [3.8, 4) is 0 Å². The highest BCUT2D eigenvalue weighted by atomic mass is 32.2. The fourth-order valence-corrected chi connectivity index (χ4v) is 4.44. The topological polar surface area (TPSA) is 87.7 Å². The molecule has 1 aliphatic heterocycles. The maximum Gasteiger partial charge on any atom is 0.257 e. The minimum absolute atomic E-state index is 0.0515. The van der Waals surface area contributed by atoms with Gasteiger partial charge in [0.2, 0.25) is 10.0 Å². The lowest BCUT2D eigenvalue weighted by Crippen LogP contribution is -2.37. The van der Waals surface area contributed by atoms with Gasteiger partial charge in [-0.15, -0.1) is 0 Å². The lowest BCUT2D eigenvalue weighted by molar-refractivity contribution is 0.102. The van der Waals surface area contributed by atoms with Crippen LogP contribution in [0.4, 0.5) is 17.1 Å². The van der Waals surface area contributed by atoms with E-state index in [1.54, 1.807) is 24.3 Å². The van der Waals surface area contributed by atoms with E-state index in [2.05, 4.69) is 14.9 Å². The van der Waals surface area contributed by atoms with Crippen LogP contribution in [-0.2, 0) is 14.8 Å². The number of hydrogen-bond acceptors (Lipinski definition) is 5. The van der Waals surface area contributed by atoms with Crippen LogP contribution in [0.1, 0.15) is 29.3 Å². The molecule has 0 spiro atoms. The van der Waals surface area contributed by atoms with Gasteiger partial charge in [-0.3, -0.25) is 9.52 Å². The molecule has 7 nitrogen and oxygen atoms in total. The molecule has 1 aliphatic rings. The Balaban J connectivity index is 1.80. The molecular weight excluding hydrogens is 390 g/mol. The number of ether oxygens (including phenoxy) is 1. The number of para-hydroxylation sites is 1. The highest BCUT2D eigenvalue weighted by Crippen LogP contribution is 2.25. The Morgan fingerprint density at radius 2 is 1.86 bits per heavy atom. The average Bonchev–Trinajstić information content (AvgIpc) is 2.71. The van der Waals surface area contributed by atoms with Crippen molar-refractivity contribution >= 4 is 33.0 Å². The van der Waals surface area contributed by atoms with Gasteiger partial charge in [0.25, 0.3) is 5.91 Å². The molecule has 0 saturated carbocycles. The van der Waals surface area contributed by atoms with E-state index in [9.17, 15) is 13.2 Å². The first-order chi connectivity index (χ1) is 13.9. The summed E-state index contributed by atoms with van der Waals surface area (Å²) in [6.45, 7) is 6.37. The highest BCUT2D eigenvalue weighted by Gasteiger charge is 2.19. The number of anilines is 3. The molecule has 8 heteroatoms. The molecule has 0 unspecified atom stereocenters. The zero-order chi connectivity index (χ0) is 20.9. The zero-order valence-corrected chi connectivity index (χ0v) is 17.6. The number of morpholine rings is 1. The van der Waals surface area contributed by atoms with Crippen LogP contribution in [0.3, 0.4) is 0 Å². The van der Waals surface area contributed by atoms with Crippen molar-refractivity contribution in [1.82, 2.24) is 0 Å². The quantitative estimate of drug-likeness (QED) is 0.722. The van der Waals surface area contributed by atoms with Crippen molar-refractivity contribution in [3.05, 3.63) is 53.6 Å². The van der Waals surface area contributed by atoms with Crippen LogP contribution < -0.4 is 14.9 Å². The predicted octanol–water partition coefficient (Wildman–Crippen LogP) is 3.24. The first kappa shape index (κ1) is 21.1. The Morgan fingerprint density at radius 3 is 2.59 bits per heavy atom. The van der Waals surface area contributed by atoms with Gasteiger partial charge in [0.05, 0.1) is 30.2 Å². The summed E-state index contributed by atoms with van der Waals surface area (Å²) in [5, 5.41) is 2.89. The Kier molecular flexibility index (Phi) is 6.76. The summed E-state index contributed by atoms with van der Waals surface area (Å²) in [5.41, 5.74) is 3.23. The number of benzene rings is 2. The number of amides is 1. The summed E-state index contributed by atoms with van der Waals surface area (Å²) in [4.78, 5) is 15.1. The number of nitrogens with one attached hydrogen (secondary N) is 2. The standard InChI is InChI=1S/C21H27N3O4S/c1-3-14-29(26,27)23-19-15-17(9-8-16(19)2)22-21(25)18-6-4-5-7-20(18)24-10-12-28-13-11-24/h4-9,15,23H,3,10-14H2,1-2H3,(H,22,25). The van der Waals surface area contributed by atoms with Crippen LogP contribution in [0.2, 0.25) is 0 Å². The van der Waals surface area contributed by atoms with E-state index >= 15 is 0 Å². The van der Waals surface area contributed by atoms with Gasteiger partial charge in [-0.05, 0) is 43.2 Å². The number of hydrogen-bond donors (Lipinski definition) is 2. The summed E-state index contributed by atoms with van der Waals surface area (Å²) in [7, 11) is -3.41. The highest BCUT2D eigenvalue weighted by molar-refractivity contribution is 7.92. The van der Waals surface area contributed by atoms with Gasteiger partial charge in [-0.2, -0.15) is 0 Å². The number of carbonyl (C=O) groups excluding carboxylic acids is 1. The molecule has 0 radical (unpaired) electrons. The van der Waals surface area contributed by atoms with Crippen LogP contribution in [0.5, 0.6) is 0 Å². The normalized spacial score (nSPS) is 14.5. The van der Waals surface area contributed by atoms with Crippen LogP contribution in [-0.4, -0.2) is 46.4 Å². The van der Waals surface area contributed by atoms with Crippen LogP contribution >= 0.6 is 0 Å². The second-order valence-electron chi connectivity index (χ2n) is 7.02. The monoisotopic (exact) mass is 417 g/mol. The predicted molar refractivity (Wildman–Crippen MR) is 116 cm³/mol. The lowest BCUT2D eigenvalue weighted by Gasteiger charge is -2.30. The second-order valence-corrected chi connectivity index (χ2v) is 8.86. The number of carbonyl (C=O) groups is 1. The van der Waals surface area contributed by atoms with Gasteiger partial charge < -0.3 is 15.0 Å². The van der Waals surface area contributed by atoms with E-state index in [0.717, 1.165) is 24.3 Å². The minimum atomic E-state index is -3.41. The summed E-state index contributed by atoms with van der Waals surface area (Å²) < 4.78 is 32.2. The van der Waals surface area contributed by atoms with Crippen molar-refractivity contribution in [3.63, 3.8) is 0 Å². The van der Waals surface area contributed by atoms with E-state index in [4.69, 9.17) is 4.74 Å². The molecule has 29 heavy (non-hydrogen) atoms. The Hall–Kier alpha value is -2.58. The lowest BCUT2D eigenvalue weighted by atomic mass is 10.1. The Labute approximate surface area is 172 Å². The number of nitrogens with zero attached hydrogens (tertiary/aromatic N) is 1. The van der Waals surface area contributed by atoms with Gasteiger partial charge in [-0.1, -0.05) is 25.1 Å². The average molecular weight is 418 g/mol. The zero-order valence-electron chi connectivity index (χ0n) is 16.8. The van der Waals surface area contributed by atoms with Gasteiger partial charge in [0, 0.05) is 24.5 Å². The van der Waals surface area contributed by atoms with E-state index in [1.165, 1.54) is 0 Å². The molecule has 1 heterocycles. The van der Waals surface area contributed by atoms with E-state index in [0.29, 0.717) is 36.6 Å². The third-order valence-electron chi connectivity index (χ3n) is 4.73. The Bertz CT molecular complexity index is 970. The first-order valence-electron chi connectivity index (χ1n) is 9.74. The minimum Gasteiger partial charge on any atom is -0.378 e. The summed E-state index contributed by atoms with van der Waals surface area (Å²) in [6.07, 6.45) is 0.531. The van der Waals surface area contributed by atoms with Crippen LogP contribution in [0.25, 0.3) is 0 Å². The molecule has 1 amide bonds. The van der Waals surface area contributed by atoms with E-state index < -0.39 is 10.0 Å². The fraction of sp³-hybridized carbons (Fsp3) is 0.381. The smallest absolute Gasteiger partial charge is 0.257 e. The molecule has 0 bridgehead atoms. The SMILES string of the molecule is CCCS(=O)(=O)Nc1cc(NC(=O)c2ccccc2N2CCOCC2)ccc1C. The molecule has 0 aliphatic carbocycles. The maximum absolute atomic E-state index is 13.0. The molecule has 1 fully saturated rings. The maximum atomic E-state index is 13.0. The molecule has 3 rings (SSSR count). The third-order valence-corrected chi connectivity index (χ3v) is 6.21. The van der Waals surface area contributed by atoms with Gasteiger partial charge in [-0.25, -0.2) is 8.42 Å². The molecule has 2 aromatic rings. The van der Waals surface area contributed by atoms with E-state index in [1.807, 2.05) is 32.0 Å². The Morgan fingerprint density at radius 1 is 1.14 bits per heavy atom. The first-order valence-corrected chi connectivity index (χ1v) is 11.4. The molecule has 2 N–H and O–H groups in total.